The summed E-state index contributed by atoms with van der Waals surface area (Å²) in [5.74, 6) is -3.08. The summed E-state index contributed by atoms with van der Waals surface area (Å²) in [7, 11) is 0. The van der Waals surface area contributed by atoms with Gasteiger partial charge in [-0.05, 0) is 64.2 Å². The van der Waals surface area contributed by atoms with Gasteiger partial charge in [-0.1, -0.05) is 141 Å². The Morgan fingerprint density at radius 1 is 0.460 bits per heavy atom. The minimum absolute atomic E-state index is 0.225. The average molecular weight is 707 g/mol. The first-order valence-electron chi connectivity index (χ1n) is 20.4. The molecule has 0 saturated carbocycles. The second-order valence-corrected chi connectivity index (χ2v) is 13.7. The van der Waals surface area contributed by atoms with Gasteiger partial charge in [-0.3, -0.25) is 19.2 Å². The Balaban J connectivity index is 4.11. The summed E-state index contributed by atoms with van der Waals surface area (Å²) in [6, 6.07) is 0. The molecule has 290 valence electrons. The summed E-state index contributed by atoms with van der Waals surface area (Å²) in [6.45, 7) is 3.90. The van der Waals surface area contributed by atoms with E-state index < -0.39 is 36.4 Å². The van der Waals surface area contributed by atoms with Crippen molar-refractivity contribution in [1.29, 1.82) is 0 Å². The molecule has 1 atom stereocenters. The van der Waals surface area contributed by atoms with Crippen LogP contribution in [0, 0.1) is 0 Å². The maximum atomic E-state index is 12.5. The van der Waals surface area contributed by atoms with Crippen LogP contribution in [0.4, 0.5) is 0 Å². The molecule has 0 rings (SSSR count). The minimum atomic E-state index is -1.31. The minimum Gasteiger partial charge on any atom is -0.481 e. The summed E-state index contributed by atoms with van der Waals surface area (Å²) < 4.78 is 15.8. The largest absolute Gasteiger partial charge is 0.481 e. The van der Waals surface area contributed by atoms with E-state index in [0.29, 0.717) is 12.8 Å². The van der Waals surface area contributed by atoms with Gasteiger partial charge in [-0.15, -0.1) is 0 Å². The Kier molecular flexibility index (Phi) is 35.6. The van der Waals surface area contributed by atoms with E-state index in [1.54, 1.807) is 0 Å². The van der Waals surface area contributed by atoms with Crippen molar-refractivity contribution in [2.75, 3.05) is 13.2 Å². The highest BCUT2D eigenvalue weighted by molar-refractivity contribution is 5.90. The molecule has 0 radical (unpaired) electrons. The van der Waals surface area contributed by atoms with Crippen molar-refractivity contribution in [3.63, 3.8) is 0 Å². The molecule has 0 aliphatic carbocycles. The van der Waals surface area contributed by atoms with Crippen molar-refractivity contribution in [3.8, 4) is 0 Å². The lowest BCUT2D eigenvalue weighted by Gasteiger charge is -2.18. The molecule has 0 fully saturated rings. The maximum absolute atomic E-state index is 12.5. The Morgan fingerprint density at radius 3 is 1.20 bits per heavy atom. The van der Waals surface area contributed by atoms with Crippen LogP contribution in [0.5, 0.6) is 0 Å². The topological polar surface area (TPSA) is 116 Å². The number of ether oxygens (including phenoxy) is 3. The number of hydrogen-bond acceptors (Lipinski definition) is 7. The van der Waals surface area contributed by atoms with Crippen molar-refractivity contribution in [2.45, 2.75) is 206 Å². The number of carboxylic acid groups (broad SMARTS) is 1. The third-order valence-electron chi connectivity index (χ3n) is 8.74. The molecule has 0 heterocycles. The van der Waals surface area contributed by atoms with Crippen LogP contribution in [0.25, 0.3) is 0 Å². The van der Waals surface area contributed by atoms with Gasteiger partial charge >= 0.3 is 23.9 Å². The number of aliphatic carboxylic acids is 1. The third-order valence-corrected chi connectivity index (χ3v) is 8.74. The number of esters is 3. The van der Waals surface area contributed by atoms with Gasteiger partial charge in [-0.2, -0.15) is 0 Å². The number of carboxylic acids is 1. The number of allylic oxidation sites excluding steroid dienone is 4. The molecule has 8 heteroatoms. The van der Waals surface area contributed by atoms with Gasteiger partial charge in [0.2, 0.25) is 0 Å². The summed E-state index contributed by atoms with van der Waals surface area (Å²) in [4.78, 5) is 47.3. The first-order chi connectivity index (χ1) is 24.4. The number of unbranched alkanes of at least 4 members (excludes halogenated alkanes) is 22. The second kappa shape index (κ2) is 37.6. The molecule has 1 unspecified atom stereocenters. The first kappa shape index (κ1) is 47.4. The SMILES string of the molecule is CCCCCCCC/C=C/CCCCCCCCC(=O)OC(COC(=O)CCCCCC/C=C/CCCCCCCC)COC(=O)CC(=O)O. The normalized spacial score (nSPS) is 12.0. The van der Waals surface area contributed by atoms with Crippen molar-refractivity contribution in [3.05, 3.63) is 24.3 Å². The van der Waals surface area contributed by atoms with Crippen LogP contribution in [-0.2, 0) is 33.4 Å². The fourth-order valence-electron chi connectivity index (χ4n) is 5.66. The Hall–Kier alpha value is -2.64. The highest BCUT2D eigenvalue weighted by Crippen LogP contribution is 2.13. The fourth-order valence-corrected chi connectivity index (χ4v) is 5.66. The van der Waals surface area contributed by atoms with Crippen LogP contribution in [0.2, 0.25) is 0 Å². The highest BCUT2D eigenvalue weighted by Gasteiger charge is 2.20. The quantitative estimate of drug-likeness (QED) is 0.0223. The van der Waals surface area contributed by atoms with Gasteiger partial charge in [0.25, 0.3) is 0 Å². The van der Waals surface area contributed by atoms with Gasteiger partial charge in [0.05, 0.1) is 0 Å². The van der Waals surface area contributed by atoms with E-state index in [-0.39, 0.29) is 26.1 Å². The van der Waals surface area contributed by atoms with Crippen molar-refractivity contribution < 1.29 is 38.5 Å². The number of carbonyl (C=O) groups excluding carboxylic acids is 3. The monoisotopic (exact) mass is 707 g/mol. The predicted octanol–water partition coefficient (Wildman–Crippen LogP) is 11.5. The molecular formula is C42H74O8. The molecule has 0 spiro atoms. The molecule has 50 heavy (non-hydrogen) atoms. The van der Waals surface area contributed by atoms with E-state index in [1.165, 1.54) is 96.3 Å². The number of carbonyl (C=O) groups is 4. The Morgan fingerprint density at radius 2 is 0.800 bits per heavy atom. The third kappa shape index (κ3) is 36.6. The van der Waals surface area contributed by atoms with Gasteiger partial charge in [0.15, 0.2) is 6.10 Å². The van der Waals surface area contributed by atoms with E-state index in [1.807, 2.05) is 0 Å². The van der Waals surface area contributed by atoms with Gasteiger partial charge < -0.3 is 19.3 Å². The number of rotatable bonds is 37. The maximum Gasteiger partial charge on any atom is 0.317 e. The van der Waals surface area contributed by atoms with E-state index in [2.05, 4.69) is 38.2 Å². The Bertz CT molecular complexity index is 881. The first-order valence-corrected chi connectivity index (χ1v) is 20.4. The van der Waals surface area contributed by atoms with Gasteiger partial charge in [0.1, 0.15) is 19.6 Å². The second-order valence-electron chi connectivity index (χ2n) is 13.7. The van der Waals surface area contributed by atoms with Crippen LogP contribution in [0.3, 0.4) is 0 Å². The Labute approximate surface area is 305 Å². The van der Waals surface area contributed by atoms with Crippen molar-refractivity contribution in [2.24, 2.45) is 0 Å². The molecule has 1 N–H and O–H groups in total. The molecule has 0 aromatic carbocycles. The van der Waals surface area contributed by atoms with Crippen molar-refractivity contribution >= 4 is 23.9 Å². The van der Waals surface area contributed by atoms with Crippen LogP contribution in [0.15, 0.2) is 24.3 Å². The summed E-state index contributed by atoms with van der Waals surface area (Å²) in [5.41, 5.74) is 0. The lowest BCUT2D eigenvalue weighted by Crippen LogP contribution is -2.31. The summed E-state index contributed by atoms with van der Waals surface area (Å²) >= 11 is 0. The van der Waals surface area contributed by atoms with E-state index in [9.17, 15) is 19.2 Å². The fraction of sp³-hybridized carbons (Fsp3) is 0.810. The molecule has 0 aliphatic rings. The van der Waals surface area contributed by atoms with Crippen LogP contribution in [0.1, 0.15) is 200 Å². The van der Waals surface area contributed by atoms with Crippen molar-refractivity contribution in [1.82, 2.24) is 0 Å². The smallest absolute Gasteiger partial charge is 0.317 e. The zero-order valence-corrected chi connectivity index (χ0v) is 32.1. The molecule has 0 saturated heterocycles. The van der Waals surface area contributed by atoms with E-state index in [0.717, 1.165) is 57.8 Å². The van der Waals surface area contributed by atoms with Crippen LogP contribution in [-0.4, -0.2) is 48.3 Å². The van der Waals surface area contributed by atoms with Crippen LogP contribution < -0.4 is 0 Å². The lowest BCUT2D eigenvalue weighted by molar-refractivity contribution is -0.168. The molecule has 0 aromatic heterocycles. The van der Waals surface area contributed by atoms with E-state index in [4.69, 9.17) is 19.3 Å². The number of hydrogen-bond donors (Lipinski definition) is 1. The van der Waals surface area contributed by atoms with Gasteiger partial charge in [0, 0.05) is 12.8 Å². The summed E-state index contributed by atoms with van der Waals surface area (Å²) in [5, 5.41) is 8.80. The molecular weight excluding hydrogens is 632 g/mol. The average Bonchev–Trinajstić information content (AvgIpc) is 3.09. The molecule has 0 aliphatic heterocycles. The zero-order chi connectivity index (χ0) is 36.8. The highest BCUT2D eigenvalue weighted by atomic mass is 16.6. The molecule has 0 amide bonds. The van der Waals surface area contributed by atoms with Gasteiger partial charge in [-0.25, -0.2) is 0 Å². The predicted molar refractivity (Wildman–Crippen MR) is 203 cm³/mol. The standard InChI is InChI=1S/C42H74O8/c1-3-5-7-9-11-13-15-17-19-20-22-24-26-28-30-32-34-41(46)50-38(37-49-42(47)35-39(43)44)36-48-40(45)33-31-29-27-25-23-21-18-16-14-12-10-8-6-4-2/h17-19,21,38H,3-16,20,22-37H2,1-2H3,(H,43,44)/b19-17+,21-18+. The summed E-state index contributed by atoms with van der Waals surface area (Å²) in [6.07, 6.45) is 38.3. The van der Waals surface area contributed by atoms with E-state index >= 15 is 0 Å². The lowest BCUT2D eigenvalue weighted by atomic mass is 10.1. The van der Waals surface area contributed by atoms with Crippen LogP contribution >= 0.6 is 0 Å². The molecule has 0 aromatic rings. The molecule has 0 bridgehead atoms. The zero-order valence-electron chi connectivity index (χ0n) is 32.1. The molecule has 8 nitrogen and oxygen atoms in total.